The number of ether oxygens (including phenoxy) is 1. The Morgan fingerprint density at radius 2 is 1.72 bits per heavy atom. The summed E-state index contributed by atoms with van der Waals surface area (Å²) < 4.78 is 28.8. The van der Waals surface area contributed by atoms with Crippen LogP contribution < -0.4 is 0 Å². The predicted molar refractivity (Wildman–Crippen MR) is 110 cm³/mol. The smallest absolute Gasteiger partial charge is 0.310 e. The fraction of sp³-hybridized carbons (Fsp3) is 0.273. The van der Waals surface area contributed by atoms with Crippen LogP contribution in [0.15, 0.2) is 66.1 Å². The highest BCUT2D eigenvalue weighted by molar-refractivity contribution is 7.94. The molecule has 1 atom stereocenters. The molecular formula is C22H23NO5S. The van der Waals surface area contributed by atoms with Crippen LogP contribution in [0.1, 0.15) is 16.7 Å². The molecule has 1 heterocycles. The first-order valence-corrected chi connectivity index (χ1v) is 11.0. The quantitative estimate of drug-likeness (QED) is 0.651. The van der Waals surface area contributed by atoms with E-state index in [0.29, 0.717) is 0 Å². The standard InChI is InChI=1S/C22H23NO5S/c1-17-7-9-18(10-8-17)13-22(25)28-15-21(24)23(14-19-5-3-2-4-6-19)20-11-12-29(26,27)16-20/h2-12,20H,13-16H2,1H3/t20-/m1/s1. The van der Waals surface area contributed by atoms with Crippen LogP contribution >= 0.6 is 0 Å². The maximum Gasteiger partial charge on any atom is 0.310 e. The number of esters is 1. The first-order chi connectivity index (χ1) is 13.8. The van der Waals surface area contributed by atoms with Crippen LogP contribution in [0.25, 0.3) is 0 Å². The molecule has 0 fully saturated rings. The number of hydrogen-bond acceptors (Lipinski definition) is 5. The lowest BCUT2D eigenvalue weighted by molar-refractivity contribution is -0.152. The summed E-state index contributed by atoms with van der Waals surface area (Å²) >= 11 is 0. The number of benzene rings is 2. The van der Waals surface area contributed by atoms with Gasteiger partial charge in [-0.05, 0) is 24.1 Å². The summed E-state index contributed by atoms with van der Waals surface area (Å²) in [5.74, 6) is -1.10. The molecule has 0 N–H and O–H groups in total. The number of hydrogen-bond donors (Lipinski definition) is 0. The highest BCUT2D eigenvalue weighted by Crippen LogP contribution is 2.18. The molecule has 0 aliphatic carbocycles. The molecule has 0 unspecified atom stereocenters. The normalized spacial score (nSPS) is 17.1. The molecule has 0 spiro atoms. The predicted octanol–water partition coefficient (Wildman–Crippen LogP) is 2.42. The van der Waals surface area contributed by atoms with Gasteiger partial charge in [0.05, 0.1) is 18.2 Å². The minimum Gasteiger partial charge on any atom is -0.455 e. The molecular weight excluding hydrogens is 390 g/mol. The van der Waals surface area contributed by atoms with Crippen LogP contribution in [0.4, 0.5) is 0 Å². The van der Waals surface area contributed by atoms with E-state index < -0.39 is 34.4 Å². The number of carbonyl (C=O) groups is 2. The summed E-state index contributed by atoms with van der Waals surface area (Å²) in [5, 5.41) is 1.13. The molecule has 1 aliphatic heterocycles. The van der Waals surface area contributed by atoms with Crippen molar-refractivity contribution in [1.82, 2.24) is 4.90 Å². The van der Waals surface area contributed by atoms with Gasteiger partial charge in [0.1, 0.15) is 0 Å². The maximum atomic E-state index is 12.8. The van der Waals surface area contributed by atoms with E-state index in [2.05, 4.69) is 0 Å². The Morgan fingerprint density at radius 1 is 1.03 bits per heavy atom. The zero-order valence-electron chi connectivity index (χ0n) is 16.2. The number of sulfone groups is 1. The number of carbonyl (C=O) groups excluding carboxylic acids is 2. The Hall–Kier alpha value is -2.93. The zero-order valence-corrected chi connectivity index (χ0v) is 17.0. The molecule has 2 aromatic rings. The van der Waals surface area contributed by atoms with Gasteiger partial charge in [0, 0.05) is 12.0 Å². The van der Waals surface area contributed by atoms with Gasteiger partial charge in [0.15, 0.2) is 16.4 Å². The summed E-state index contributed by atoms with van der Waals surface area (Å²) in [6, 6.07) is 16.2. The lowest BCUT2D eigenvalue weighted by Gasteiger charge is -2.27. The van der Waals surface area contributed by atoms with Crippen molar-refractivity contribution in [3.8, 4) is 0 Å². The van der Waals surface area contributed by atoms with E-state index in [1.165, 1.54) is 11.0 Å². The van der Waals surface area contributed by atoms with Crippen LogP contribution in [0.2, 0.25) is 0 Å². The van der Waals surface area contributed by atoms with Crippen LogP contribution in [0, 0.1) is 6.92 Å². The highest BCUT2D eigenvalue weighted by atomic mass is 32.2. The van der Waals surface area contributed by atoms with Crippen molar-refractivity contribution in [3.63, 3.8) is 0 Å². The molecule has 0 radical (unpaired) electrons. The third-order valence-electron chi connectivity index (χ3n) is 4.65. The zero-order chi connectivity index (χ0) is 20.9. The summed E-state index contributed by atoms with van der Waals surface area (Å²) in [6.45, 7) is 1.77. The Balaban J connectivity index is 1.63. The first-order valence-electron chi connectivity index (χ1n) is 9.28. The second-order valence-electron chi connectivity index (χ2n) is 7.06. The van der Waals surface area contributed by atoms with Gasteiger partial charge in [0.25, 0.3) is 5.91 Å². The molecule has 3 rings (SSSR count). The minimum absolute atomic E-state index is 0.0734. The van der Waals surface area contributed by atoms with E-state index in [-0.39, 0.29) is 18.7 Å². The monoisotopic (exact) mass is 413 g/mol. The van der Waals surface area contributed by atoms with Crippen molar-refractivity contribution >= 4 is 21.7 Å². The molecule has 29 heavy (non-hydrogen) atoms. The largest absolute Gasteiger partial charge is 0.455 e. The average molecular weight is 413 g/mol. The molecule has 6 nitrogen and oxygen atoms in total. The summed E-state index contributed by atoms with van der Waals surface area (Å²) in [7, 11) is -3.32. The van der Waals surface area contributed by atoms with E-state index in [1.807, 2.05) is 61.5 Å². The van der Waals surface area contributed by atoms with Crippen molar-refractivity contribution in [2.24, 2.45) is 0 Å². The fourth-order valence-corrected chi connectivity index (χ4v) is 4.37. The lowest BCUT2D eigenvalue weighted by Crippen LogP contribution is -2.42. The van der Waals surface area contributed by atoms with Gasteiger partial charge in [-0.3, -0.25) is 9.59 Å². The highest BCUT2D eigenvalue weighted by Gasteiger charge is 2.30. The second kappa shape index (κ2) is 9.05. The van der Waals surface area contributed by atoms with E-state index in [9.17, 15) is 18.0 Å². The fourth-order valence-electron chi connectivity index (χ4n) is 3.07. The van der Waals surface area contributed by atoms with Gasteiger partial charge in [0.2, 0.25) is 0 Å². The van der Waals surface area contributed by atoms with Crippen LogP contribution in [0.3, 0.4) is 0 Å². The van der Waals surface area contributed by atoms with E-state index in [0.717, 1.165) is 22.1 Å². The van der Waals surface area contributed by atoms with Gasteiger partial charge in [-0.2, -0.15) is 0 Å². The minimum atomic E-state index is -3.32. The van der Waals surface area contributed by atoms with Gasteiger partial charge in [-0.1, -0.05) is 60.2 Å². The molecule has 0 saturated carbocycles. The molecule has 7 heteroatoms. The lowest BCUT2D eigenvalue weighted by atomic mass is 10.1. The summed E-state index contributed by atoms with van der Waals surface area (Å²) in [4.78, 5) is 26.3. The second-order valence-corrected chi connectivity index (χ2v) is 8.99. The molecule has 1 amide bonds. The molecule has 1 aliphatic rings. The van der Waals surface area contributed by atoms with Crippen molar-refractivity contribution in [1.29, 1.82) is 0 Å². The summed E-state index contributed by atoms with van der Waals surface area (Å²) in [5.41, 5.74) is 2.76. The van der Waals surface area contributed by atoms with E-state index in [4.69, 9.17) is 4.74 Å². The van der Waals surface area contributed by atoms with Crippen LogP contribution in [-0.2, 0) is 37.1 Å². The molecule has 0 bridgehead atoms. The Bertz CT molecular complexity index is 997. The molecule has 0 aromatic heterocycles. The van der Waals surface area contributed by atoms with Crippen molar-refractivity contribution in [2.75, 3.05) is 12.4 Å². The van der Waals surface area contributed by atoms with Crippen molar-refractivity contribution < 1.29 is 22.7 Å². The van der Waals surface area contributed by atoms with Crippen molar-refractivity contribution in [3.05, 3.63) is 82.8 Å². The molecule has 0 saturated heterocycles. The van der Waals surface area contributed by atoms with Crippen molar-refractivity contribution in [2.45, 2.75) is 25.9 Å². The van der Waals surface area contributed by atoms with Crippen LogP contribution in [-0.4, -0.2) is 43.6 Å². The number of rotatable bonds is 7. The third-order valence-corrected chi connectivity index (χ3v) is 6.03. The van der Waals surface area contributed by atoms with Gasteiger partial charge in [-0.25, -0.2) is 8.42 Å². The van der Waals surface area contributed by atoms with Gasteiger partial charge < -0.3 is 9.64 Å². The topological polar surface area (TPSA) is 80.8 Å². The van der Waals surface area contributed by atoms with Gasteiger partial charge >= 0.3 is 5.97 Å². The SMILES string of the molecule is Cc1ccc(CC(=O)OCC(=O)N(Cc2ccccc2)[C@@H]2C=CS(=O)(=O)C2)cc1. The van der Waals surface area contributed by atoms with E-state index in [1.54, 1.807) is 0 Å². The Morgan fingerprint density at radius 3 is 2.34 bits per heavy atom. The maximum absolute atomic E-state index is 12.8. The molecule has 2 aromatic carbocycles. The Labute approximate surface area is 170 Å². The average Bonchev–Trinajstić information content (AvgIpc) is 3.06. The number of amides is 1. The van der Waals surface area contributed by atoms with E-state index >= 15 is 0 Å². The first kappa shape index (κ1) is 20.8. The number of aryl methyl sites for hydroxylation is 1. The Kier molecular flexibility index (Phi) is 6.49. The number of nitrogens with zero attached hydrogens (tertiary/aromatic N) is 1. The molecule has 152 valence electrons. The van der Waals surface area contributed by atoms with Crippen LogP contribution in [0.5, 0.6) is 0 Å². The van der Waals surface area contributed by atoms with Gasteiger partial charge in [-0.15, -0.1) is 0 Å². The third kappa shape index (κ3) is 6.02. The summed E-state index contributed by atoms with van der Waals surface area (Å²) in [6.07, 6.45) is 1.58.